The molecule has 1 N–H and O–H groups in total. The zero-order valence-corrected chi connectivity index (χ0v) is 24.2. The highest BCUT2D eigenvalue weighted by Crippen LogP contribution is 2.26. The van der Waals surface area contributed by atoms with Crippen LogP contribution in [0.3, 0.4) is 0 Å². The first-order valence-electron chi connectivity index (χ1n) is 13.8. The summed E-state index contributed by atoms with van der Waals surface area (Å²) in [6.45, 7) is 2.45. The van der Waals surface area contributed by atoms with Crippen LogP contribution in [-0.2, 0) is 21.4 Å². The van der Waals surface area contributed by atoms with Crippen LogP contribution in [0.2, 0.25) is 0 Å². The zero-order chi connectivity index (χ0) is 29.4. The van der Waals surface area contributed by atoms with E-state index in [0.717, 1.165) is 50.0 Å². The number of likely N-dealkylation sites (tertiary alicyclic amines) is 1. The minimum absolute atomic E-state index is 0.0130. The average Bonchev–Trinajstić information content (AvgIpc) is 2.99. The Morgan fingerprint density at radius 3 is 2.19 bits per heavy atom. The van der Waals surface area contributed by atoms with Crippen LogP contribution in [0.4, 0.5) is 11.4 Å². The van der Waals surface area contributed by atoms with Crippen LogP contribution in [0, 0.1) is 0 Å². The molecule has 0 aliphatic carbocycles. The van der Waals surface area contributed by atoms with Crippen molar-refractivity contribution < 1.29 is 22.7 Å². The van der Waals surface area contributed by atoms with Gasteiger partial charge in [-0.3, -0.25) is 14.4 Å². The van der Waals surface area contributed by atoms with Crippen molar-refractivity contribution in [2.24, 2.45) is 0 Å². The average molecular weight is 587 g/mol. The molecule has 0 atom stereocenters. The van der Waals surface area contributed by atoms with Gasteiger partial charge in [0.2, 0.25) is 15.9 Å². The maximum Gasteiger partial charge on any atom is 0.265 e. The fraction of sp³-hybridized carbons (Fsp3) is 0.250. The van der Waals surface area contributed by atoms with Crippen LogP contribution in [0.5, 0.6) is 17.4 Å². The summed E-state index contributed by atoms with van der Waals surface area (Å²) in [5.41, 5.74) is 2.42. The molecule has 218 valence electrons. The number of pyridine rings is 1. The van der Waals surface area contributed by atoms with Crippen LogP contribution >= 0.6 is 0 Å². The number of carbonyl (C=O) groups is 1. The van der Waals surface area contributed by atoms with E-state index in [9.17, 15) is 13.2 Å². The molecule has 9 nitrogen and oxygen atoms in total. The molecule has 4 aromatic rings. The number of piperidine rings is 1. The van der Waals surface area contributed by atoms with Gasteiger partial charge in [0.15, 0.2) is 6.61 Å². The van der Waals surface area contributed by atoms with Gasteiger partial charge in [0.05, 0.1) is 6.26 Å². The van der Waals surface area contributed by atoms with Gasteiger partial charge < -0.3 is 14.4 Å². The van der Waals surface area contributed by atoms with Crippen molar-refractivity contribution in [2.75, 3.05) is 35.6 Å². The van der Waals surface area contributed by atoms with Gasteiger partial charge in [-0.05, 0) is 66.9 Å². The molecular weight excluding hydrogens is 552 g/mol. The molecule has 1 saturated heterocycles. The molecule has 1 fully saturated rings. The Morgan fingerprint density at radius 2 is 1.57 bits per heavy atom. The maximum atomic E-state index is 13.4. The number of ether oxygens (including phenoxy) is 2. The highest BCUT2D eigenvalue weighted by atomic mass is 32.2. The first-order chi connectivity index (χ1) is 20.3. The summed E-state index contributed by atoms with van der Waals surface area (Å²) in [5, 5.41) is 0. The van der Waals surface area contributed by atoms with Crippen molar-refractivity contribution in [1.82, 2.24) is 9.88 Å². The van der Waals surface area contributed by atoms with Crippen LogP contribution in [0.1, 0.15) is 18.4 Å². The minimum Gasteiger partial charge on any atom is -0.484 e. The number of rotatable bonds is 11. The molecule has 42 heavy (non-hydrogen) atoms. The molecule has 3 aromatic carbocycles. The molecule has 1 aliphatic heterocycles. The summed E-state index contributed by atoms with van der Waals surface area (Å²) >= 11 is 0. The fourth-order valence-corrected chi connectivity index (χ4v) is 5.53. The summed E-state index contributed by atoms with van der Waals surface area (Å²) < 4.78 is 36.8. The van der Waals surface area contributed by atoms with E-state index in [1.54, 1.807) is 24.3 Å². The quantitative estimate of drug-likeness (QED) is 0.254. The molecule has 0 radical (unpaired) electrons. The monoisotopic (exact) mass is 586 g/mol. The van der Waals surface area contributed by atoms with E-state index < -0.39 is 10.0 Å². The summed E-state index contributed by atoms with van der Waals surface area (Å²) in [6, 6.07) is 29.8. The SMILES string of the molecule is CS(=O)(=O)Nc1ccc(Oc2ccc(CN3CCC(N(C(=O)COc4ccccc4)c4ccccc4)CC3)cn2)cc1. The third-order valence-corrected chi connectivity index (χ3v) is 7.52. The van der Waals surface area contributed by atoms with Crippen molar-refractivity contribution in [3.63, 3.8) is 0 Å². The Balaban J connectivity index is 1.14. The van der Waals surface area contributed by atoms with Crippen LogP contribution in [0.25, 0.3) is 0 Å². The molecule has 1 aromatic heterocycles. The van der Waals surface area contributed by atoms with E-state index in [1.165, 1.54) is 0 Å². The highest BCUT2D eigenvalue weighted by Gasteiger charge is 2.29. The van der Waals surface area contributed by atoms with E-state index >= 15 is 0 Å². The van der Waals surface area contributed by atoms with Crippen LogP contribution in [-0.4, -0.2) is 56.2 Å². The Bertz CT molecular complexity index is 1540. The number of aromatic nitrogens is 1. The normalized spacial score (nSPS) is 14.2. The van der Waals surface area contributed by atoms with E-state index in [4.69, 9.17) is 9.47 Å². The molecule has 1 amide bonds. The molecular formula is C32H34N4O5S. The van der Waals surface area contributed by atoms with Gasteiger partial charge in [-0.2, -0.15) is 0 Å². The standard InChI is InChI=1S/C32H34N4O5S/c1-42(38,39)34-26-13-15-30(16-14-26)41-31-17-12-25(22-33-31)23-35-20-18-28(19-21-35)36(27-8-4-2-5-9-27)32(37)24-40-29-10-6-3-7-11-29/h2-17,22,28,34H,18-21,23-24H2,1H3. The lowest BCUT2D eigenvalue weighted by atomic mass is 10.0. The Labute approximate surface area is 246 Å². The third-order valence-electron chi connectivity index (χ3n) is 6.91. The van der Waals surface area contributed by atoms with Crippen LogP contribution < -0.4 is 19.1 Å². The second-order valence-corrected chi connectivity index (χ2v) is 12.0. The van der Waals surface area contributed by atoms with E-state index in [2.05, 4.69) is 14.6 Å². The predicted octanol–water partition coefficient (Wildman–Crippen LogP) is 5.32. The summed E-state index contributed by atoms with van der Waals surface area (Å²) in [7, 11) is -3.33. The van der Waals surface area contributed by atoms with Gasteiger partial charge in [-0.1, -0.05) is 42.5 Å². The zero-order valence-electron chi connectivity index (χ0n) is 23.4. The number of anilines is 2. The van der Waals surface area contributed by atoms with Gasteiger partial charge in [0, 0.05) is 49.3 Å². The fourth-order valence-electron chi connectivity index (χ4n) is 4.96. The summed E-state index contributed by atoms with van der Waals surface area (Å²) in [5.74, 6) is 1.64. The molecule has 0 bridgehead atoms. The number of nitrogens with one attached hydrogen (secondary N) is 1. The largest absolute Gasteiger partial charge is 0.484 e. The number of sulfonamides is 1. The van der Waals surface area contributed by atoms with E-state index in [1.807, 2.05) is 83.9 Å². The lowest BCUT2D eigenvalue weighted by Crippen LogP contribution is -2.49. The third kappa shape index (κ3) is 8.31. The van der Waals surface area contributed by atoms with E-state index in [0.29, 0.717) is 23.1 Å². The van der Waals surface area contributed by atoms with Crippen molar-refractivity contribution in [3.05, 3.63) is 109 Å². The maximum absolute atomic E-state index is 13.4. The Morgan fingerprint density at radius 1 is 0.905 bits per heavy atom. The second kappa shape index (κ2) is 13.5. The Hall–Kier alpha value is -4.41. The lowest BCUT2D eigenvalue weighted by molar-refractivity contribution is -0.121. The summed E-state index contributed by atoms with van der Waals surface area (Å²) in [4.78, 5) is 22.1. The van der Waals surface area contributed by atoms with Crippen molar-refractivity contribution >= 4 is 27.3 Å². The van der Waals surface area contributed by atoms with Crippen molar-refractivity contribution in [3.8, 4) is 17.4 Å². The summed E-state index contributed by atoms with van der Waals surface area (Å²) in [6.07, 6.45) is 4.62. The minimum atomic E-state index is -3.33. The molecule has 5 rings (SSSR count). The van der Waals surface area contributed by atoms with Gasteiger partial charge in [-0.15, -0.1) is 0 Å². The van der Waals surface area contributed by atoms with Gasteiger partial charge >= 0.3 is 0 Å². The molecule has 1 aliphatic rings. The van der Waals surface area contributed by atoms with Crippen molar-refractivity contribution in [1.29, 1.82) is 0 Å². The predicted molar refractivity (Wildman–Crippen MR) is 163 cm³/mol. The number of hydrogen-bond acceptors (Lipinski definition) is 7. The van der Waals surface area contributed by atoms with Gasteiger partial charge in [0.25, 0.3) is 5.91 Å². The Kier molecular flexibility index (Phi) is 9.35. The number of para-hydroxylation sites is 2. The number of hydrogen-bond donors (Lipinski definition) is 1. The second-order valence-electron chi connectivity index (χ2n) is 10.2. The number of benzene rings is 3. The highest BCUT2D eigenvalue weighted by molar-refractivity contribution is 7.92. The smallest absolute Gasteiger partial charge is 0.265 e. The molecule has 0 unspecified atom stereocenters. The molecule has 0 spiro atoms. The number of carbonyl (C=O) groups excluding carboxylic acids is 1. The number of nitrogens with zero attached hydrogens (tertiary/aromatic N) is 3. The van der Waals surface area contributed by atoms with Gasteiger partial charge in [0.1, 0.15) is 11.5 Å². The number of amides is 1. The molecule has 10 heteroatoms. The van der Waals surface area contributed by atoms with Crippen molar-refractivity contribution in [2.45, 2.75) is 25.4 Å². The molecule has 2 heterocycles. The first kappa shape index (κ1) is 29.1. The lowest BCUT2D eigenvalue weighted by Gasteiger charge is -2.38. The van der Waals surface area contributed by atoms with E-state index in [-0.39, 0.29) is 18.6 Å². The topological polar surface area (TPSA) is 101 Å². The first-order valence-corrected chi connectivity index (χ1v) is 15.7. The van der Waals surface area contributed by atoms with Gasteiger partial charge in [-0.25, -0.2) is 13.4 Å². The van der Waals surface area contributed by atoms with Crippen LogP contribution in [0.15, 0.2) is 103 Å². The molecule has 0 saturated carbocycles.